The van der Waals surface area contributed by atoms with Crippen LogP contribution in [0.3, 0.4) is 0 Å². The van der Waals surface area contributed by atoms with Gasteiger partial charge in [-0.25, -0.2) is 0 Å². The Balaban J connectivity index is 1.31. The van der Waals surface area contributed by atoms with Gasteiger partial charge in [0.15, 0.2) is 5.76 Å². The van der Waals surface area contributed by atoms with E-state index >= 15 is 0 Å². The number of rotatable bonds is 8. The van der Waals surface area contributed by atoms with Gasteiger partial charge >= 0.3 is 0 Å². The summed E-state index contributed by atoms with van der Waals surface area (Å²) in [6, 6.07) is 14.7. The summed E-state index contributed by atoms with van der Waals surface area (Å²) < 4.78 is 17.0. The number of fused-ring (bicyclic) bond motifs is 1. The molecular formula is C23H25N3O5S. The van der Waals surface area contributed by atoms with Gasteiger partial charge < -0.3 is 19.2 Å². The van der Waals surface area contributed by atoms with Gasteiger partial charge in [0.25, 0.3) is 5.91 Å². The summed E-state index contributed by atoms with van der Waals surface area (Å²) in [4.78, 5) is 15.1. The molecule has 0 atom stereocenters. The normalized spacial score (nSPS) is 14.3. The number of ether oxygens (including phenoxy) is 2. The molecule has 2 heterocycles. The molecule has 1 saturated heterocycles. The molecule has 0 spiro atoms. The molecule has 4 rings (SSSR count). The number of nitrogens with zero attached hydrogens (tertiary/aromatic N) is 1. The number of para-hydroxylation sites is 1. The molecule has 2 aromatic carbocycles. The number of carbonyl (C=O) groups excluding carboxylic acids is 1. The van der Waals surface area contributed by atoms with Crippen molar-refractivity contribution in [2.75, 3.05) is 39.5 Å². The summed E-state index contributed by atoms with van der Waals surface area (Å²) in [6.07, 6.45) is 0. The Labute approximate surface area is 191 Å². The highest BCUT2D eigenvalue weighted by Gasteiger charge is 2.17. The summed E-state index contributed by atoms with van der Waals surface area (Å²) in [5.41, 5.74) is 4.43. The molecule has 1 aliphatic rings. The lowest BCUT2D eigenvalue weighted by molar-refractivity contribution is 0.0342. The van der Waals surface area contributed by atoms with Crippen molar-refractivity contribution in [3.8, 4) is 5.75 Å². The fourth-order valence-corrected chi connectivity index (χ4v) is 3.68. The molecule has 1 aliphatic heterocycles. The zero-order valence-corrected chi connectivity index (χ0v) is 18.3. The third kappa shape index (κ3) is 5.43. The highest BCUT2D eigenvalue weighted by molar-refractivity contribution is 7.80. The molecule has 1 fully saturated rings. The zero-order chi connectivity index (χ0) is 22.3. The van der Waals surface area contributed by atoms with Crippen molar-refractivity contribution in [2.45, 2.75) is 6.54 Å². The van der Waals surface area contributed by atoms with E-state index in [1.165, 1.54) is 0 Å². The molecule has 168 valence electrons. The largest absolute Gasteiger partial charge is 0.492 e. The molecule has 0 saturated carbocycles. The number of hydroxylamine groups is 1. The first-order chi connectivity index (χ1) is 15.6. The van der Waals surface area contributed by atoms with Crippen LogP contribution >= 0.6 is 12.2 Å². The van der Waals surface area contributed by atoms with Crippen LogP contribution in [0.1, 0.15) is 21.7 Å². The van der Waals surface area contributed by atoms with Gasteiger partial charge in [0.05, 0.1) is 19.8 Å². The van der Waals surface area contributed by atoms with Crippen molar-refractivity contribution in [2.24, 2.45) is 0 Å². The minimum atomic E-state index is -0.281. The predicted octanol–water partition coefficient (Wildman–Crippen LogP) is 2.73. The first kappa shape index (κ1) is 22.2. The summed E-state index contributed by atoms with van der Waals surface area (Å²) >= 11 is 4.95. The van der Waals surface area contributed by atoms with E-state index in [9.17, 15) is 4.79 Å². The topological polar surface area (TPSA) is 96.2 Å². The number of benzene rings is 2. The fourth-order valence-electron chi connectivity index (χ4n) is 3.55. The Morgan fingerprint density at radius 3 is 2.69 bits per heavy atom. The SMILES string of the molecule is O=C(NCCOc1ccc(C(=S)NO)cc1)c1cc2cccc(CN3CCOCC3)c2o1. The average molecular weight is 456 g/mol. The first-order valence-corrected chi connectivity index (χ1v) is 10.8. The van der Waals surface area contributed by atoms with Crippen LogP contribution in [-0.2, 0) is 11.3 Å². The van der Waals surface area contributed by atoms with Crippen LogP contribution < -0.4 is 15.5 Å². The second kappa shape index (κ2) is 10.6. The van der Waals surface area contributed by atoms with E-state index in [1.807, 2.05) is 23.7 Å². The molecule has 3 aromatic rings. The average Bonchev–Trinajstić information content (AvgIpc) is 3.28. The van der Waals surface area contributed by atoms with Crippen LogP contribution in [0, 0.1) is 0 Å². The monoisotopic (exact) mass is 455 g/mol. The number of hydrogen-bond donors (Lipinski definition) is 3. The molecule has 0 aliphatic carbocycles. The van der Waals surface area contributed by atoms with Gasteiger partial charge in [-0.1, -0.05) is 30.4 Å². The van der Waals surface area contributed by atoms with Gasteiger partial charge in [0.2, 0.25) is 0 Å². The van der Waals surface area contributed by atoms with Crippen LogP contribution in [0.5, 0.6) is 5.75 Å². The van der Waals surface area contributed by atoms with Crippen LogP contribution in [0.4, 0.5) is 0 Å². The highest BCUT2D eigenvalue weighted by Crippen LogP contribution is 2.24. The molecule has 8 nitrogen and oxygen atoms in total. The lowest BCUT2D eigenvalue weighted by Gasteiger charge is -2.26. The maximum atomic E-state index is 12.5. The third-order valence-electron chi connectivity index (χ3n) is 5.22. The van der Waals surface area contributed by atoms with Crippen molar-refractivity contribution < 1.29 is 23.9 Å². The Bertz CT molecular complexity index is 1080. The molecule has 32 heavy (non-hydrogen) atoms. The number of amides is 1. The zero-order valence-electron chi connectivity index (χ0n) is 17.5. The number of hydrogen-bond acceptors (Lipinski definition) is 7. The lowest BCUT2D eigenvalue weighted by atomic mass is 10.1. The molecule has 0 unspecified atom stereocenters. The number of carbonyl (C=O) groups is 1. The van der Waals surface area contributed by atoms with Crippen molar-refractivity contribution in [1.82, 2.24) is 15.7 Å². The maximum Gasteiger partial charge on any atom is 0.287 e. The van der Waals surface area contributed by atoms with Crippen LogP contribution in [-0.4, -0.2) is 60.5 Å². The Kier molecular flexibility index (Phi) is 7.33. The van der Waals surface area contributed by atoms with E-state index < -0.39 is 0 Å². The molecule has 1 amide bonds. The minimum Gasteiger partial charge on any atom is -0.492 e. The molecule has 9 heteroatoms. The quantitative estimate of drug-likeness (QED) is 0.271. The highest BCUT2D eigenvalue weighted by atomic mass is 32.1. The number of thiocarbonyl (C=S) groups is 1. The van der Waals surface area contributed by atoms with E-state index in [-0.39, 0.29) is 16.7 Å². The molecular weight excluding hydrogens is 430 g/mol. The Morgan fingerprint density at radius 1 is 1.16 bits per heavy atom. The van der Waals surface area contributed by atoms with Gasteiger partial charge in [-0.05, 0) is 30.3 Å². The van der Waals surface area contributed by atoms with Crippen molar-refractivity contribution in [3.63, 3.8) is 0 Å². The third-order valence-corrected chi connectivity index (χ3v) is 5.55. The van der Waals surface area contributed by atoms with Gasteiger partial charge in [-0.2, -0.15) is 0 Å². The van der Waals surface area contributed by atoms with Crippen LogP contribution in [0.25, 0.3) is 11.0 Å². The second-order valence-electron chi connectivity index (χ2n) is 7.40. The van der Waals surface area contributed by atoms with Crippen molar-refractivity contribution >= 4 is 34.1 Å². The second-order valence-corrected chi connectivity index (χ2v) is 7.81. The maximum absolute atomic E-state index is 12.5. The molecule has 0 radical (unpaired) electrons. The van der Waals surface area contributed by atoms with Crippen molar-refractivity contribution in [3.05, 3.63) is 65.4 Å². The van der Waals surface area contributed by atoms with E-state index in [4.69, 9.17) is 31.3 Å². The summed E-state index contributed by atoms with van der Waals surface area (Å²) in [5.74, 6) is 0.640. The van der Waals surface area contributed by atoms with Crippen LogP contribution in [0.15, 0.2) is 52.9 Å². The standard InChI is InChI=1S/C23H25N3O5S/c27-22(24-8-11-30-19-6-4-16(5-7-19)23(32)25-28)20-14-17-2-1-3-18(21(17)31-20)15-26-9-12-29-13-10-26/h1-7,14,28H,8-13,15H2,(H,24,27)(H,25,32). The Hall–Kier alpha value is -2.98. The van der Waals surface area contributed by atoms with Gasteiger partial charge in [0, 0.05) is 36.1 Å². The smallest absolute Gasteiger partial charge is 0.287 e. The van der Waals surface area contributed by atoms with Crippen LogP contribution in [0.2, 0.25) is 0 Å². The number of furan rings is 1. The van der Waals surface area contributed by atoms with E-state index in [0.29, 0.717) is 24.5 Å². The lowest BCUT2D eigenvalue weighted by Crippen LogP contribution is -2.35. The summed E-state index contributed by atoms with van der Waals surface area (Å²) in [7, 11) is 0. The van der Waals surface area contributed by atoms with E-state index in [1.54, 1.807) is 30.3 Å². The predicted molar refractivity (Wildman–Crippen MR) is 123 cm³/mol. The van der Waals surface area contributed by atoms with E-state index in [2.05, 4.69) is 10.2 Å². The van der Waals surface area contributed by atoms with E-state index in [0.717, 1.165) is 49.4 Å². The Morgan fingerprint density at radius 2 is 1.94 bits per heavy atom. The molecule has 0 bridgehead atoms. The molecule has 3 N–H and O–H groups in total. The van der Waals surface area contributed by atoms with Gasteiger partial charge in [0.1, 0.15) is 22.9 Å². The fraction of sp³-hybridized carbons (Fsp3) is 0.304. The van der Waals surface area contributed by atoms with Gasteiger partial charge in [-0.15, -0.1) is 0 Å². The molecule has 1 aromatic heterocycles. The minimum absolute atomic E-state index is 0.239. The number of morpholine rings is 1. The van der Waals surface area contributed by atoms with Gasteiger partial charge in [-0.3, -0.25) is 20.4 Å². The first-order valence-electron chi connectivity index (χ1n) is 10.4. The summed E-state index contributed by atoms with van der Waals surface area (Å²) in [5, 5.41) is 12.6. The van der Waals surface area contributed by atoms with Crippen molar-refractivity contribution in [1.29, 1.82) is 0 Å². The summed E-state index contributed by atoms with van der Waals surface area (Å²) in [6.45, 7) is 4.64. The number of nitrogens with one attached hydrogen (secondary N) is 2.